The standard InChI is InChI=1S/C36H30N4O10/c1-19(41)37-27-15-25(47-3)17-29(49-5)33(27)31(21-7-11-23(12-8-21)39(43)44)35(37)36-32(22-9-13-24(14-10-22)40(45)46)34-28(38(36)20(2)42)16-26(48-4)18-30(34)50-6/h7-18H,1-6H3. The van der Waals surface area contributed by atoms with Gasteiger partial charge in [-0.3, -0.25) is 39.0 Å². The molecular formula is C36H30N4O10. The molecule has 0 radical (unpaired) electrons. The molecule has 0 aliphatic carbocycles. The number of hydrogen-bond acceptors (Lipinski definition) is 10. The zero-order chi connectivity index (χ0) is 36.0. The molecule has 0 spiro atoms. The number of carbonyl (C=O) groups excluding carboxylic acids is 2. The first-order valence-electron chi connectivity index (χ1n) is 15.1. The fourth-order valence-electron chi connectivity index (χ4n) is 6.43. The van der Waals surface area contributed by atoms with Gasteiger partial charge in [-0.05, 0) is 35.4 Å². The molecule has 0 saturated heterocycles. The predicted octanol–water partition coefficient (Wildman–Crippen LogP) is 7.77. The quantitative estimate of drug-likeness (QED) is 0.109. The lowest BCUT2D eigenvalue weighted by atomic mass is 9.95. The Morgan fingerprint density at radius 1 is 0.560 bits per heavy atom. The van der Waals surface area contributed by atoms with Crippen molar-refractivity contribution in [3.05, 3.63) is 93.0 Å². The number of fused-ring (bicyclic) bond motifs is 2. The Hall–Kier alpha value is -6.70. The van der Waals surface area contributed by atoms with E-state index in [2.05, 4.69) is 0 Å². The summed E-state index contributed by atoms with van der Waals surface area (Å²) in [5.41, 5.74) is 2.71. The average Bonchev–Trinajstić information content (AvgIpc) is 3.64. The number of carbonyl (C=O) groups is 2. The molecule has 254 valence electrons. The van der Waals surface area contributed by atoms with E-state index in [4.69, 9.17) is 18.9 Å². The highest BCUT2D eigenvalue weighted by molar-refractivity contribution is 6.19. The smallest absolute Gasteiger partial charge is 0.269 e. The Labute approximate surface area is 284 Å². The first-order valence-corrected chi connectivity index (χ1v) is 15.1. The first-order chi connectivity index (χ1) is 23.9. The molecule has 2 aromatic heterocycles. The Bertz CT molecular complexity index is 2200. The van der Waals surface area contributed by atoms with E-state index in [-0.39, 0.29) is 22.8 Å². The van der Waals surface area contributed by atoms with Gasteiger partial charge in [0.25, 0.3) is 11.4 Å². The number of non-ortho nitro benzene ring substituents is 2. The molecule has 14 nitrogen and oxygen atoms in total. The molecule has 0 aliphatic rings. The van der Waals surface area contributed by atoms with Crippen LogP contribution in [0.4, 0.5) is 11.4 Å². The van der Waals surface area contributed by atoms with Crippen molar-refractivity contribution in [2.75, 3.05) is 28.4 Å². The molecule has 2 heterocycles. The van der Waals surface area contributed by atoms with Crippen LogP contribution in [-0.4, -0.2) is 59.2 Å². The predicted molar refractivity (Wildman–Crippen MR) is 186 cm³/mol. The maximum Gasteiger partial charge on any atom is 0.269 e. The maximum absolute atomic E-state index is 13.9. The van der Waals surface area contributed by atoms with Crippen LogP contribution in [0.2, 0.25) is 0 Å². The van der Waals surface area contributed by atoms with Gasteiger partial charge in [-0.1, -0.05) is 0 Å². The fourth-order valence-corrected chi connectivity index (χ4v) is 6.43. The first kappa shape index (κ1) is 33.2. The number of methoxy groups -OCH3 is 4. The third kappa shape index (κ3) is 5.23. The molecule has 0 amide bonds. The van der Waals surface area contributed by atoms with Crippen LogP contribution in [0, 0.1) is 20.2 Å². The fraction of sp³-hybridized carbons (Fsp3) is 0.167. The van der Waals surface area contributed by atoms with Gasteiger partial charge in [0.1, 0.15) is 23.0 Å². The third-order valence-electron chi connectivity index (χ3n) is 8.51. The Morgan fingerprint density at radius 2 is 0.900 bits per heavy atom. The molecule has 50 heavy (non-hydrogen) atoms. The van der Waals surface area contributed by atoms with Crippen molar-refractivity contribution in [3.63, 3.8) is 0 Å². The summed E-state index contributed by atoms with van der Waals surface area (Å²) in [6, 6.07) is 18.2. The summed E-state index contributed by atoms with van der Waals surface area (Å²) in [6.45, 7) is 2.73. The Balaban J connectivity index is 1.94. The molecule has 6 aromatic rings. The second kappa shape index (κ2) is 12.7. The van der Waals surface area contributed by atoms with E-state index in [0.717, 1.165) is 0 Å². The molecule has 0 unspecified atom stereocenters. The lowest BCUT2D eigenvalue weighted by molar-refractivity contribution is -0.385. The lowest BCUT2D eigenvalue weighted by Gasteiger charge is -2.15. The number of aromatic nitrogens is 2. The summed E-state index contributed by atoms with van der Waals surface area (Å²) < 4.78 is 25.7. The molecule has 0 N–H and O–H groups in total. The van der Waals surface area contributed by atoms with Crippen molar-refractivity contribution >= 4 is 45.0 Å². The molecule has 0 saturated carbocycles. The van der Waals surface area contributed by atoms with E-state index < -0.39 is 21.7 Å². The largest absolute Gasteiger partial charge is 0.497 e. The van der Waals surface area contributed by atoms with E-state index in [1.807, 2.05) is 0 Å². The van der Waals surface area contributed by atoms with E-state index in [1.54, 1.807) is 48.5 Å². The van der Waals surface area contributed by atoms with Crippen LogP contribution in [0.15, 0.2) is 72.8 Å². The highest BCUT2D eigenvalue weighted by Crippen LogP contribution is 2.52. The van der Waals surface area contributed by atoms with Crippen LogP contribution < -0.4 is 18.9 Å². The number of nitro groups is 2. The van der Waals surface area contributed by atoms with Gasteiger partial charge in [0.05, 0.1) is 71.5 Å². The van der Waals surface area contributed by atoms with Crippen molar-refractivity contribution in [2.24, 2.45) is 0 Å². The topological polar surface area (TPSA) is 167 Å². The van der Waals surface area contributed by atoms with Crippen LogP contribution in [0.25, 0.3) is 55.4 Å². The third-order valence-corrected chi connectivity index (χ3v) is 8.51. The van der Waals surface area contributed by atoms with Crippen molar-refractivity contribution in [1.29, 1.82) is 0 Å². The number of ether oxygens (including phenoxy) is 4. The molecule has 0 atom stereocenters. The molecule has 0 bridgehead atoms. The van der Waals surface area contributed by atoms with Crippen molar-refractivity contribution < 1.29 is 38.4 Å². The minimum atomic E-state index is -0.519. The van der Waals surface area contributed by atoms with Crippen LogP contribution in [0.1, 0.15) is 23.4 Å². The van der Waals surface area contributed by atoms with Gasteiger partial charge < -0.3 is 18.9 Å². The maximum atomic E-state index is 13.9. The van der Waals surface area contributed by atoms with Crippen molar-refractivity contribution in [2.45, 2.75) is 13.8 Å². The summed E-state index contributed by atoms with van der Waals surface area (Å²) in [7, 11) is 5.87. The SMILES string of the molecule is COc1cc(OC)c2c(-c3ccc([N+](=O)[O-])cc3)c(-c3c(-c4ccc([N+](=O)[O-])cc4)c4c(OC)cc(OC)cc4n3C(C)=O)n(C(C)=O)c2c1. The minimum Gasteiger partial charge on any atom is -0.497 e. The Morgan fingerprint density at radius 3 is 1.16 bits per heavy atom. The second-order valence-corrected chi connectivity index (χ2v) is 11.2. The normalized spacial score (nSPS) is 11.1. The summed E-state index contributed by atoms with van der Waals surface area (Å²) in [5.74, 6) is 0.544. The molecule has 14 heteroatoms. The molecule has 0 fully saturated rings. The van der Waals surface area contributed by atoms with Crippen LogP contribution >= 0.6 is 0 Å². The van der Waals surface area contributed by atoms with E-state index in [0.29, 0.717) is 67.1 Å². The zero-order valence-corrected chi connectivity index (χ0v) is 27.8. The van der Waals surface area contributed by atoms with Gasteiger partial charge in [-0.2, -0.15) is 0 Å². The average molecular weight is 679 g/mol. The van der Waals surface area contributed by atoms with Crippen LogP contribution in [0.5, 0.6) is 23.0 Å². The molecular weight excluding hydrogens is 648 g/mol. The monoisotopic (exact) mass is 678 g/mol. The van der Waals surface area contributed by atoms with Gasteiger partial charge in [0.2, 0.25) is 11.8 Å². The van der Waals surface area contributed by atoms with E-state index in [1.165, 1.54) is 75.7 Å². The number of benzene rings is 4. The summed E-state index contributed by atoms with van der Waals surface area (Å²) in [6.07, 6.45) is 0. The van der Waals surface area contributed by atoms with Gasteiger partial charge in [0.15, 0.2) is 0 Å². The van der Waals surface area contributed by atoms with Crippen LogP contribution in [-0.2, 0) is 0 Å². The summed E-state index contributed by atoms with van der Waals surface area (Å²) >= 11 is 0. The van der Waals surface area contributed by atoms with E-state index >= 15 is 0 Å². The highest BCUT2D eigenvalue weighted by atomic mass is 16.6. The van der Waals surface area contributed by atoms with Gasteiger partial charge in [-0.25, -0.2) is 0 Å². The van der Waals surface area contributed by atoms with Crippen molar-refractivity contribution in [3.8, 4) is 56.6 Å². The Kier molecular flexibility index (Phi) is 8.45. The number of hydrogen-bond donors (Lipinski definition) is 0. The van der Waals surface area contributed by atoms with Gasteiger partial charge in [0, 0.05) is 73.5 Å². The van der Waals surface area contributed by atoms with Crippen LogP contribution in [0.3, 0.4) is 0 Å². The second-order valence-electron chi connectivity index (χ2n) is 11.2. The lowest BCUT2D eigenvalue weighted by Crippen LogP contribution is -2.13. The summed E-state index contributed by atoms with van der Waals surface area (Å²) in [5, 5.41) is 24.2. The molecule has 0 aliphatic heterocycles. The number of rotatable bonds is 9. The van der Waals surface area contributed by atoms with Gasteiger partial charge in [-0.15, -0.1) is 0 Å². The van der Waals surface area contributed by atoms with Crippen molar-refractivity contribution in [1.82, 2.24) is 9.13 Å². The molecule has 4 aromatic carbocycles. The van der Waals surface area contributed by atoms with Gasteiger partial charge >= 0.3 is 0 Å². The van der Waals surface area contributed by atoms with E-state index in [9.17, 15) is 29.8 Å². The zero-order valence-electron chi connectivity index (χ0n) is 27.8. The number of nitrogens with zero attached hydrogens (tertiary/aromatic N) is 4. The summed E-state index contributed by atoms with van der Waals surface area (Å²) in [4.78, 5) is 50.0. The number of nitro benzene ring substituents is 2. The highest BCUT2D eigenvalue weighted by Gasteiger charge is 2.34. The minimum absolute atomic E-state index is 0.152. The molecule has 6 rings (SSSR count).